The number of amides is 1. The van der Waals surface area contributed by atoms with E-state index in [0.717, 1.165) is 45.0 Å². The van der Waals surface area contributed by atoms with E-state index in [0.29, 0.717) is 0 Å². The Kier molecular flexibility index (Phi) is 4.59. The zero-order valence-corrected chi connectivity index (χ0v) is 15.1. The lowest BCUT2D eigenvalue weighted by molar-refractivity contribution is -0.131. The molecule has 0 unspecified atom stereocenters. The molecule has 2 aliphatic heterocycles. The standard InChI is InChI=1S/C20H25N5O/c1-21-18(26)20-9-5-12-25(19-22-10-6-11-23-19)17(20)14-24(15-20)13-16-7-3-2-4-8-16/h2-4,6-8,10-11,17H,5,9,12-15H2,1H3,(H,21,26)/t17-,20-/m0/s1. The van der Waals surface area contributed by atoms with Crippen molar-refractivity contribution >= 4 is 11.9 Å². The highest BCUT2D eigenvalue weighted by Gasteiger charge is 2.55. The van der Waals surface area contributed by atoms with Crippen LogP contribution in [0.4, 0.5) is 5.95 Å². The summed E-state index contributed by atoms with van der Waals surface area (Å²) in [5.74, 6) is 0.866. The largest absolute Gasteiger partial charge is 0.359 e. The third-order valence-electron chi connectivity index (χ3n) is 5.71. The van der Waals surface area contributed by atoms with E-state index >= 15 is 0 Å². The van der Waals surface area contributed by atoms with Gasteiger partial charge in [-0.15, -0.1) is 0 Å². The number of piperidine rings is 1. The number of carbonyl (C=O) groups excluding carboxylic acids is 1. The van der Waals surface area contributed by atoms with E-state index in [1.807, 2.05) is 12.1 Å². The van der Waals surface area contributed by atoms with Crippen LogP contribution >= 0.6 is 0 Å². The molecule has 2 aliphatic rings. The Labute approximate surface area is 154 Å². The van der Waals surface area contributed by atoms with Crippen LogP contribution in [0.5, 0.6) is 0 Å². The van der Waals surface area contributed by atoms with Gasteiger partial charge in [0.15, 0.2) is 0 Å². The van der Waals surface area contributed by atoms with Gasteiger partial charge in [-0.3, -0.25) is 9.69 Å². The average molecular weight is 351 g/mol. The van der Waals surface area contributed by atoms with Crippen molar-refractivity contribution < 1.29 is 4.79 Å². The molecule has 0 spiro atoms. The molecule has 3 heterocycles. The normalized spacial score (nSPS) is 25.7. The van der Waals surface area contributed by atoms with Crippen molar-refractivity contribution in [2.45, 2.75) is 25.4 Å². The van der Waals surface area contributed by atoms with Crippen molar-refractivity contribution in [3.63, 3.8) is 0 Å². The molecule has 6 heteroatoms. The van der Waals surface area contributed by atoms with Gasteiger partial charge < -0.3 is 10.2 Å². The van der Waals surface area contributed by atoms with Crippen molar-refractivity contribution in [1.29, 1.82) is 0 Å². The van der Waals surface area contributed by atoms with Crippen LogP contribution in [0.25, 0.3) is 0 Å². The van der Waals surface area contributed by atoms with E-state index in [1.165, 1.54) is 5.56 Å². The van der Waals surface area contributed by atoms with E-state index in [1.54, 1.807) is 19.4 Å². The van der Waals surface area contributed by atoms with Gasteiger partial charge in [-0.2, -0.15) is 0 Å². The monoisotopic (exact) mass is 351 g/mol. The molecule has 26 heavy (non-hydrogen) atoms. The molecule has 1 amide bonds. The first kappa shape index (κ1) is 17.0. The maximum Gasteiger partial charge on any atom is 0.229 e. The highest BCUT2D eigenvalue weighted by atomic mass is 16.2. The molecular weight excluding hydrogens is 326 g/mol. The molecule has 0 aliphatic carbocycles. The molecule has 1 aromatic carbocycles. The molecule has 0 bridgehead atoms. The van der Waals surface area contributed by atoms with Gasteiger partial charge in [0.1, 0.15) is 0 Å². The summed E-state index contributed by atoms with van der Waals surface area (Å²) in [7, 11) is 1.74. The first-order valence-electron chi connectivity index (χ1n) is 9.25. The molecule has 0 radical (unpaired) electrons. The fraction of sp³-hybridized carbons (Fsp3) is 0.450. The molecule has 2 aromatic rings. The maximum atomic E-state index is 12.9. The number of likely N-dealkylation sites (tertiary alicyclic amines) is 1. The predicted octanol–water partition coefficient (Wildman–Crippen LogP) is 1.69. The Morgan fingerprint density at radius 2 is 2.00 bits per heavy atom. The number of hydrogen-bond donors (Lipinski definition) is 1. The van der Waals surface area contributed by atoms with Crippen LogP contribution in [0.1, 0.15) is 18.4 Å². The molecular formula is C20H25N5O. The molecule has 2 saturated heterocycles. The third-order valence-corrected chi connectivity index (χ3v) is 5.71. The molecule has 6 nitrogen and oxygen atoms in total. The van der Waals surface area contributed by atoms with Gasteiger partial charge in [0.05, 0.1) is 11.5 Å². The minimum Gasteiger partial charge on any atom is -0.359 e. The molecule has 0 saturated carbocycles. The Morgan fingerprint density at radius 3 is 2.73 bits per heavy atom. The molecule has 136 valence electrons. The summed E-state index contributed by atoms with van der Waals surface area (Å²) in [6, 6.07) is 12.4. The topological polar surface area (TPSA) is 61.4 Å². The van der Waals surface area contributed by atoms with E-state index in [9.17, 15) is 4.79 Å². The summed E-state index contributed by atoms with van der Waals surface area (Å²) in [5, 5.41) is 2.92. The minimum absolute atomic E-state index is 0.0994. The van der Waals surface area contributed by atoms with Gasteiger partial charge in [-0.25, -0.2) is 9.97 Å². The summed E-state index contributed by atoms with van der Waals surface area (Å²) in [4.78, 5) is 26.5. The van der Waals surface area contributed by atoms with Crippen molar-refractivity contribution in [1.82, 2.24) is 20.2 Å². The molecule has 1 N–H and O–H groups in total. The second-order valence-corrected chi connectivity index (χ2v) is 7.25. The number of hydrogen-bond acceptors (Lipinski definition) is 5. The Morgan fingerprint density at radius 1 is 1.23 bits per heavy atom. The molecule has 4 rings (SSSR count). The number of anilines is 1. The van der Waals surface area contributed by atoms with Crippen LogP contribution in [-0.2, 0) is 11.3 Å². The van der Waals surface area contributed by atoms with Crippen molar-refractivity contribution in [3.8, 4) is 0 Å². The summed E-state index contributed by atoms with van der Waals surface area (Å²) in [5.41, 5.74) is 0.877. The lowest BCUT2D eigenvalue weighted by Crippen LogP contribution is -2.58. The molecule has 2 atom stereocenters. The van der Waals surface area contributed by atoms with Crippen molar-refractivity contribution in [2.75, 3.05) is 31.6 Å². The number of fused-ring (bicyclic) bond motifs is 1. The maximum absolute atomic E-state index is 12.9. The first-order valence-corrected chi connectivity index (χ1v) is 9.25. The summed E-state index contributed by atoms with van der Waals surface area (Å²) in [6.07, 6.45) is 5.43. The van der Waals surface area contributed by atoms with Crippen LogP contribution < -0.4 is 10.2 Å². The summed E-state index contributed by atoms with van der Waals surface area (Å²) < 4.78 is 0. The number of aromatic nitrogens is 2. The number of benzene rings is 1. The molecule has 2 fully saturated rings. The van der Waals surface area contributed by atoms with Gasteiger partial charge in [-0.1, -0.05) is 30.3 Å². The number of rotatable bonds is 4. The Bertz CT molecular complexity index is 753. The second kappa shape index (κ2) is 7.03. The van der Waals surface area contributed by atoms with Gasteiger partial charge in [0.2, 0.25) is 11.9 Å². The fourth-order valence-corrected chi connectivity index (χ4v) is 4.58. The van der Waals surface area contributed by atoms with Crippen molar-refractivity contribution in [2.24, 2.45) is 5.41 Å². The van der Waals surface area contributed by atoms with Crippen molar-refractivity contribution in [3.05, 3.63) is 54.4 Å². The predicted molar refractivity (Wildman–Crippen MR) is 101 cm³/mol. The lowest BCUT2D eigenvalue weighted by Gasteiger charge is -2.44. The van der Waals surface area contributed by atoms with Crippen LogP contribution in [0.2, 0.25) is 0 Å². The number of carbonyl (C=O) groups is 1. The summed E-state index contributed by atoms with van der Waals surface area (Å²) >= 11 is 0. The van der Waals surface area contributed by atoms with Crippen LogP contribution in [0.3, 0.4) is 0 Å². The zero-order valence-electron chi connectivity index (χ0n) is 15.1. The minimum atomic E-state index is -0.402. The average Bonchev–Trinajstić information content (AvgIpc) is 3.08. The van der Waals surface area contributed by atoms with E-state index < -0.39 is 5.41 Å². The number of nitrogens with zero attached hydrogens (tertiary/aromatic N) is 4. The lowest BCUT2D eigenvalue weighted by atomic mass is 9.74. The highest BCUT2D eigenvalue weighted by molar-refractivity contribution is 5.85. The Hall–Kier alpha value is -2.47. The second-order valence-electron chi connectivity index (χ2n) is 7.25. The highest BCUT2D eigenvalue weighted by Crippen LogP contribution is 2.43. The Balaban J connectivity index is 1.64. The number of nitrogens with one attached hydrogen (secondary N) is 1. The molecule has 1 aromatic heterocycles. The van der Waals surface area contributed by atoms with E-state index in [4.69, 9.17) is 0 Å². The zero-order chi connectivity index (χ0) is 18.0. The van der Waals surface area contributed by atoms with Gasteiger partial charge in [0.25, 0.3) is 0 Å². The third kappa shape index (κ3) is 2.94. The van der Waals surface area contributed by atoms with Gasteiger partial charge in [-0.05, 0) is 24.5 Å². The quantitative estimate of drug-likeness (QED) is 0.908. The van der Waals surface area contributed by atoms with E-state index in [2.05, 4.69) is 49.4 Å². The van der Waals surface area contributed by atoms with Gasteiger partial charge >= 0.3 is 0 Å². The first-order chi connectivity index (χ1) is 12.7. The SMILES string of the molecule is CNC(=O)[C@]12CCCN(c3ncccn3)[C@H]1CN(Cc1ccccc1)C2. The van der Waals surface area contributed by atoms with Gasteiger partial charge in [0, 0.05) is 45.6 Å². The van der Waals surface area contributed by atoms with E-state index in [-0.39, 0.29) is 11.9 Å². The van der Waals surface area contributed by atoms with Crippen LogP contribution in [0, 0.1) is 5.41 Å². The summed E-state index contributed by atoms with van der Waals surface area (Å²) in [6.45, 7) is 3.38. The van der Waals surface area contributed by atoms with Crippen LogP contribution in [-0.4, -0.2) is 53.5 Å². The smallest absolute Gasteiger partial charge is 0.229 e. The van der Waals surface area contributed by atoms with Crippen LogP contribution in [0.15, 0.2) is 48.8 Å². The fourth-order valence-electron chi connectivity index (χ4n) is 4.58.